The summed E-state index contributed by atoms with van der Waals surface area (Å²) in [5.41, 5.74) is 4.24. The lowest BCUT2D eigenvalue weighted by atomic mass is 9.84. The van der Waals surface area contributed by atoms with E-state index in [1.54, 1.807) is 28.9 Å². The maximum Gasteiger partial charge on any atom is 0.277 e. The van der Waals surface area contributed by atoms with Crippen LogP contribution in [0.1, 0.15) is 38.7 Å². The maximum absolute atomic E-state index is 13.7. The second-order valence-electron chi connectivity index (χ2n) is 8.20. The molecule has 1 atom stereocenters. The van der Waals surface area contributed by atoms with Crippen LogP contribution >= 0.6 is 0 Å². The molecule has 2 heterocycles. The van der Waals surface area contributed by atoms with Gasteiger partial charge in [-0.1, -0.05) is 48.0 Å². The van der Waals surface area contributed by atoms with Crippen LogP contribution in [0.4, 0.5) is 10.2 Å². The molecule has 168 valence electrons. The fourth-order valence-electron chi connectivity index (χ4n) is 4.17. The smallest absolute Gasteiger partial charge is 0.277 e. The molecule has 6 nitrogen and oxygen atoms in total. The van der Waals surface area contributed by atoms with Gasteiger partial charge < -0.3 is 5.32 Å². The number of anilines is 1. The summed E-state index contributed by atoms with van der Waals surface area (Å²) < 4.78 is 15.4. The number of aliphatic imine (C=N–C) groups is 1. The monoisotopic (exact) mass is 452 g/mol. The lowest BCUT2D eigenvalue weighted by Crippen LogP contribution is -2.36. The first kappa shape index (κ1) is 21.5. The Morgan fingerprint density at radius 2 is 1.65 bits per heavy atom. The summed E-state index contributed by atoms with van der Waals surface area (Å²) in [6.07, 6.45) is 0. The highest BCUT2D eigenvalue weighted by Gasteiger charge is 2.38. The van der Waals surface area contributed by atoms with Crippen molar-refractivity contribution >= 4 is 23.3 Å². The van der Waals surface area contributed by atoms with Gasteiger partial charge in [0, 0.05) is 11.1 Å². The summed E-state index contributed by atoms with van der Waals surface area (Å²) in [6, 6.07) is 22.3. The number of para-hydroxylation sites is 1. The van der Waals surface area contributed by atoms with E-state index in [1.807, 2.05) is 56.3 Å². The van der Waals surface area contributed by atoms with Gasteiger partial charge in [-0.3, -0.25) is 9.59 Å². The molecule has 0 saturated carbocycles. The zero-order valence-corrected chi connectivity index (χ0v) is 18.6. The van der Waals surface area contributed by atoms with Crippen LogP contribution < -0.4 is 5.32 Å². The Labute approximate surface area is 195 Å². The molecule has 0 unspecified atom stereocenters. The van der Waals surface area contributed by atoms with Gasteiger partial charge >= 0.3 is 0 Å². The minimum atomic E-state index is -0.684. The molecule has 4 aromatic rings. The molecule has 3 aromatic carbocycles. The molecule has 1 aromatic heterocycles. The van der Waals surface area contributed by atoms with Crippen LogP contribution in [0.2, 0.25) is 0 Å². The summed E-state index contributed by atoms with van der Waals surface area (Å²) in [5.74, 6) is -1.59. The Bertz CT molecular complexity index is 1420. The minimum Gasteiger partial charge on any atom is -0.305 e. The second-order valence-corrected chi connectivity index (χ2v) is 8.20. The molecule has 0 radical (unpaired) electrons. The molecule has 0 saturated heterocycles. The highest BCUT2D eigenvalue weighted by Crippen LogP contribution is 2.39. The number of rotatable bonds is 3. The van der Waals surface area contributed by atoms with E-state index < -0.39 is 23.5 Å². The highest BCUT2D eigenvalue weighted by molar-refractivity contribution is 6.48. The summed E-state index contributed by atoms with van der Waals surface area (Å²) in [4.78, 5) is 30.5. The molecule has 34 heavy (non-hydrogen) atoms. The Kier molecular flexibility index (Phi) is 5.37. The van der Waals surface area contributed by atoms with Crippen LogP contribution in [-0.2, 0) is 4.79 Å². The van der Waals surface area contributed by atoms with Gasteiger partial charge in [0.15, 0.2) is 0 Å². The Balaban J connectivity index is 1.69. The predicted molar refractivity (Wildman–Crippen MR) is 128 cm³/mol. The Morgan fingerprint density at radius 1 is 0.971 bits per heavy atom. The number of halogens is 1. The Hall–Kier alpha value is -4.39. The summed E-state index contributed by atoms with van der Waals surface area (Å²) >= 11 is 0. The van der Waals surface area contributed by atoms with Crippen LogP contribution in [0.15, 0.2) is 83.9 Å². The van der Waals surface area contributed by atoms with Crippen molar-refractivity contribution < 1.29 is 14.0 Å². The van der Waals surface area contributed by atoms with E-state index in [0.717, 1.165) is 11.3 Å². The molecule has 1 aliphatic rings. The molecule has 0 fully saturated rings. The van der Waals surface area contributed by atoms with Crippen LogP contribution in [-0.4, -0.2) is 27.3 Å². The SMILES string of the molecule is Cc1ccc(C(=O)/N=C2\C(=O)Nc3c(c(C)nn3-c3ccccc3)[C@@H]2c2ccc(F)cc2)cc1. The predicted octanol–water partition coefficient (Wildman–Crippen LogP) is 4.99. The zero-order chi connectivity index (χ0) is 23.8. The van der Waals surface area contributed by atoms with Crippen molar-refractivity contribution in [2.24, 2.45) is 4.99 Å². The van der Waals surface area contributed by atoms with E-state index in [0.29, 0.717) is 28.2 Å². The average molecular weight is 452 g/mol. The number of nitrogens with zero attached hydrogens (tertiary/aromatic N) is 3. The number of amides is 2. The number of hydrogen-bond acceptors (Lipinski definition) is 3. The first-order valence-electron chi connectivity index (χ1n) is 10.8. The molecular formula is C27H21FN4O2. The number of hydrogen-bond donors (Lipinski definition) is 1. The third kappa shape index (κ3) is 3.81. The van der Waals surface area contributed by atoms with Gasteiger partial charge in [-0.25, -0.2) is 14.1 Å². The van der Waals surface area contributed by atoms with Gasteiger partial charge in [0.2, 0.25) is 0 Å². The summed E-state index contributed by atoms with van der Waals surface area (Å²) in [5, 5.41) is 7.54. The number of carbonyl (C=O) groups is 2. The van der Waals surface area contributed by atoms with Gasteiger partial charge in [0.05, 0.1) is 17.3 Å². The van der Waals surface area contributed by atoms with E-state index in [9.17, 15) is 14.0 Å². The lowest BCUT2D eigenvalue weighted by Gasteiger charge is -2.26. The van der Waals surface area contributed by atoms with Gasteiger partial charge in [-0.2, -0.15) is 5.10 Å². The van der Waals surface area contributed by atoms with Gasteiger partial charge in [-0.05, 0) is 55.8 Å². The maximum atomic E-state index is 13.7. The van der Waals surface area contributed by atoms with Crippen molar-refractivity contribution in [3.63, 3.8) is 0 Å². The highest BCUT2D eigenvalue weighted by atomic mass is 19.1. The third-order valence-electron chi connectivity index (χ3n) is 5.86. The van der Waals surface area contributed by atoms with Crippen molar-refractivity contribution in [1.29, 1.82) is 0 Å². The molecule has 5 rings (SSSR count). The van der Waals surface area contributed by atoms with Crippen molar-refractivity contribution in [2.75, 3.05) is 5.32 Å². The van der Waals surface area contributed by atoms with Crippen molar-refractivity contribution in [2.45, 2.75) is 19.8 Å². The van der Waals surface area contributed by atoms with Gasteiger partial charge in [0.25, 0.3) is 11.8 Å². The first-order chi connectivity index (χ1) is 16.4. The van der Waals surface area contributed by atoms with Crippen LogP contribution in [0, 0.1) is 19.7 Å². The molecular weight excluding hydrogens is 431 g/mol. The number of nitrogens with one attached hydrogen (secondary N) is 1. The zero-order valence-electron chi connectivity index (χ0n) is 18.6. The van der Waals surface area contributed by atoms with Crippen LogP contribution in [0.5, 0.6) is 0 Å². The van der Waals surface area contributed by atoms with E-state index in [4.69, 9.17) is 0 Å². The molecule has 1 N–H and O–H groups in total. The third-order valence-corrected chi connectivity index (χ3v) is 5.86. The van der Waals surface area contributed by atoms with E-state index >= 15 is 0 Å². The first-order valence-corrected chi connectivity index (χ1v) is 10.8. The van der Waals surface area contributed by atoms with Crippen molar-refractivity contribution in [1.82, 2.24) is 9.78 Å². The van der Waals surface area contributed by atoms with Gasteiger partial charge in [0.1, 0.15) is 17.3 Å². The number of benzene rings is 3. The fourth-order valence-corrected chi connectivity index (χ4v) is 4.17. The van der Waals surface area contributed by atoms with E-state index in [2.05, 4.69) is 15.4 Å². The fraction of sp³-hybridized carbons (Fsp3) is 0.111. The Morgan fingerprint density at radius 3 is 2.32 bits per heavy atom. The number of aryl methyl sites for hydroxylation is 2. The molecule has 2 amide bonds. The molecule has 0 spiro atoms. The normalized spacial score (nSPS) is 16.3. The number of aromatic nitrogens is 2. The largest absolute Gasteiger partial charge is 0.305 e. The summed E-state index contributed by atoms with van der Waals surface area (Å²) in [7, 11) is 0. The topological polar surface area (TPSA) is 76.3 Å². The molecule has 7 heteroatoms. The van der Waals surface area contributed by atoms with Crippen LogP contribution in [0.25, 0.3) is 5.69 Å². The van der Waals surface area contributed by atoms with Crippen molar-refractivity contribution in [3.05, 3.63) is 113 Å². The number of carbonyl (C=O) groups excluding carboxylic acids is 2. The quantitative estimate of drug-likeness (QED) is 0.476. The lowest BCUT2D eigenvalue weighted by molar-refractivity contribution is -0.110. The van der Waals surface area contributed by atoms with E-state index in [-0.39, 0.29) is 5.71 Å². The summed E-state index contributed by atoms with van der Waals surface area (Å²) in [6.45, 7) is 3.76. The average Bonchev–Trinajstić information content (AvgIpc) is 3.17. The number of fused-ring (bicyclic) bond motifs is 1. The minimum absolute atomic E-state index is 0.0420. The van der Waals surface area contributed by atoms with Crippen LogP contribution in [0.3, 0.4) is 0 Å². The van der Waals surface area contributed by atoms with E-state index in [1.165, 1.54) is 12.1 Å². The molecule has 0 bridgehead atoms. The molecule has 0 aliphatic carbocycles. The standard InChI is InChI=1S/C27H21FN4O2/c1-16-8-10-19(11-9-16)26(33)29-24-23(18-12-14-20(28)15-13-18)22-17(2)31-32(25(22)30-27(24)34)21-6-4-3-5-7-21/h3-15,23H,1-2H3,(H,30,34)/b29-24-/t23-/m0/s1. The van der Waals surface area contributed by atoms with Gasteiger partial charge in [-0.15, -0.1) is 0 Å². The van der Waals surface area contributed by atoms with Crippen molar-refractivity contribution in [3.8, 4) is 5.69 Å². The second kappa shape index (κ2) is 8.51. The molecule has 1 aliphatic heterocycles.